The molecule has 0 radical (unpaired) electrons. The van der Waals surface area contributed by atoms with E-state index >= 15 is 0 Å². The topological polar surface area (TPSA) is 58.6 Å². The molecule has 5 nitrogen and oxygen atoms in total. The van der Waals surface area contributed by atoms with Gasteiger partial charge in [0.2, 0.25) is 10.0 Å². The molecule has 0 aliphatic heterocycles. The van der Waals surface area contributed by atoms with Gasteiger partial charge >= 0.3 is 6.18 Å². The number of anilines is 1. The molecule has 0 amide bonds. The van der Waals surface area contributed by atoms with Crippen molar-refractivity contribution in [2.45, 2.75) is 25.1 Å². The molecule has 0 saturated carbocycles. The summed E-state index contributed by atoms with van der Waals surface area (Å²) in [5.74, 6) is 0.471. The van der Waals surface area contributed by atoms with Gasteiger partial charge in [-0.05, 0) is 41.3 Å². The van der Waals surface area contributed by atoms with E-state index in [0.29, 0.717) is 43.1 Å². The van der Waals surface area contributed by atoms with E-state index in [-0.39, 0.29) is 17.5 Å². The molecule has 4 rings (SSSR count). The largest absolute Gasteiger partial charge is 0.493 e. The second-order valence-corrected chi connectivity index (χ2v) is 12.1. The van der Waals surface area contributed by atoms with Gasteiger partial charge in [-0.25, -0.2) is 8.42 Å². The number of nitrogens with one attached hydrogen (secondary N) is 1. The second-order valence-electron chi connectivity index (χ2n) is 9.99. The number of halogens is 4. The summed E-state index contributed by atoms with van der Waals surface area (Å²) >= 11 is 6.29. The number of hydrogen-bond acceptors (Lipinski definition) is 4. The van der Waals surface area contributed by atoms with Gasteiger partial charge in [-0.3, -0.25) is 9.62 Å². The molecule has 10 heteroatoms. The summed E-state index contributed by atoms with van der Waals surface area (Å²) in [5, 5.41) is -0.294. The Hall–Kier alpha value is -3.53. The molecule has 0 saturated heterocycles. The van der Waals surface area contributed by atoms with Crippen molar-refractivity contribution in [3.63, 3.8) is 0 Å². The van der Waals surface area contributed by atoms with Crippen molar-refractivity contribution in [3.05, 3.63) is 130 Å². The number of hydrogen-bond donors (Lipinski definition) is 1. The normalized spacial score (nSPS) is 12.1. The first-order valence-electron chi connectivity index (χ1n) is 13.4. The molecule has 222 valence electrons. The number of nitrogens with zero attached hydrogens (tertiary/aromatic N) is 1. The molecule has 0 fully saturated rings. The molecular weight excluding hydrogens is 585 g/mol. The lowest BCUT2D eigenvalue weighted by Crippen LogP contribution is -2.31. The van der Waals surface area contributed by atoms with E-state index in [9.17, 15) is 21.6 Å². The lowest BCUT2D eigenvalue weighted by atomic mass is 9.90. The van der Waals surface area contributed by atoms with Crippen LogP contribution in [0.1, 0.15) is 34.6 Å². The molecule has 42 heavy (non-hydrogen) atoms. The van der Waals surface area contributed by atoms with Gasteiger partial charge in [0, 0.05) is 31.6 Å². The van der Waals surface area contributed by atoms with Crippen LogP contribution in [0.15, 0.2) is 103 Å². The van der Waals surface area contributed by atoms with Crippen molar-refractivity contribution in [1.29, 1.82) is 0 Å². The van der Waals surface area contributed by atoms with Crippen LogP contribution in [-0.2, 0) is 22.7 Å². The lowest BCUT2D eigenvalue weighted by Gasteiger charge is -2.29. The molecule has 0 unspecified atom stereocenters. The molecule has 0 bridgehead atoms. The zero-order chi connectivity index (χ0) is 30.2. The van der Waals surface area contributed by atoms with Gasteiger partial charge in [0.1, 0.15) is 5.75 Å². The van der Waals surface area contributed by atoms with E-state index < -0.39 is 21.8 Å². The maximum absolute atomic E-state index is 13.6. The fraction of sp³-hybridized carbons (Fsp3) is 0.250. The van der Waals surface area contributed by atoms with Crippen molar-refractivity contribution in [2.24, 2.45) is 0 Å². The first kappa shape index (κ1) is 31.4. The van der Waals surface area contributed by atoms with Crippen molar-refractivity contribution in [3.8, 4) is 5.75 Å². The van der Waals surface area contributed by atoms with Crippen LogP contribution in [0.5, 0.6) is 5.75 Å². The molecule has 0 spiro atoms. The van der Waals surface area contributed by atoms with Gasteiger partial charge in [-0.2, -0.15) is 13.2 Å². The molecule has 0 aliphatic rings. The second kappa shape index (κ2) is 14.1. The zero-order valence-electron chi connectivity index (χ0n) is 23.0. The third-order valence-electron chi connectivity index (χ3n) is 6.65. The third-order valence-corrected chi connectivity index (χ3v) is 7.70. The minimum Gasteiger partial charge on any atom is -0.493 e. The molecular formula is C32H32ClF3N2O3S. The van der Waals surface area contributed by atoms with Gasteiger partial charge in [-0.15, -0.1) is 0 Å². The highest BCUT2D eigenvalue weighted by molar-refractivity contribution is 7.92. The molecule has 0 aliphatic carbocycles. The number of ether oxygens (including phenoxy) is 1. The van der Waals surface area contributed by atoms with E-state index in [1.54, 1.807) is 30.3 Å². The van der Waals surface area contributed by atoms with E-state index in [4.69, 9.17) is 16.3 Å². The minimum atomic E-state index is -4.55. The molecule has 0 heterocycles. The Morgan fingerprint density at radius 2 is 1.50 bits per heavy atom. The lowest BCUT2D eigenvalue weighted by molar-refractivity contribution is -0.137. The Labute approximate surface area is 250 Å². The maximum atomic E-state index is 13.6. The summed E-state index contributed by atoms with van der Waals surface area (Å²) in [6, 6.07) is 30.6. The molecule has 4 aromatic carbocycles. The Balaban J connectivity index is 1.54. The van der Waals surface area contributed by atoms with Crippen LogP contribution < -0.4 is 9.46 Å². The first-order valence-corrected chi connectivity index (χ1v) is 15.6. The van der Waals surface area contributed by atoms with Crippen molar-refractivity contribution in [1.82, 2.24) is 4.90 Å². The average Bonchev–Trinajstić information content (AvgIpc) is 2.94. The van der Waals surface area contributed by atoms with Crippen molar-refractivity contribution < 1.29 is 26.3 Å². The van der Waals surface area contributed by atoms with Crippen LogP contribution in [0, 0.1) is 0 Å². The van der Waals surface area contributed by atoms with E-state index in [2.05, 4.69) is 9.62 Å². The fourth-order valence-corrected chi connectivity index (χ4v) is 5.62. The number of sulfonamides is 1. The fourth-order valence-electron chi connectivity index (χ4n) is 4.77. The average molecular weight is 617 g/mol. The van der Waals surface area contributed by atoms with E-state index in [0.717, 1.165) is 23.4 Å². The summed E-state index contributed by atoms with van der Waals surface area (Å²) in [5.41, 5.74) is 2.12. The van der Waals surface area contributed by atoms with E-state index in [1.807, 2.05) is 60.7 Å². The monoisotopic (exact) mass is 616 g/mol. The maximum Gasteiger partial charge on any atom is 0.417 e. The highest BCUT2D eigenvalue weighted by atomic mass is 35.5. The van der Waals surface area contributed by atoms with Crippen LogP contribution in [0.25, 0.3) is 0 Å². The Morgan fingerprint density at radius 1 is 0.881 bits per heavy atom. The van der Waals surface area contributed by atoms with Crippen LogP contribution in [-0.4, -0.2) is 39.3 Å². The van der Waals surface area contributed by atoms with Gasteiger partial charge in [0.05, 0.1) is 29.1 Å². The zero-order valence-corrected chi connectivity index (χ0v) is 24.6. The van der Waals surface area contributed by atoms with Gasteiger partial charge in [0.25, 0.3) is 0 Å². The summed E-state index contributed by atoms with van der Waals surface area (Å²) in [4.78, 5) is 2.09. The smallest absolute Gasteiger partial charge is 0.417 e. The summed E-state index contributed by atoms with van der Waals surface area (Å²) in [7, 11) is -3.43. The van der Waals surface area contributed by atoms with Crippen molar-refractivity contribution >= 4 is 27.3 Å². The van der Waals surface area contributed by atoms with Crippen LogP contribution in [0.2, 0.25) is 5.02 Å². The third kappa shape index (κ3) is 9.24. The molecule has 0 atom stereocenters. The number of rotatable bonds is 13. The van der Waals surface area contributed by atoms with Crippen molar-refractivity contribution in [2.75, 3.05) is 30.7 Å². The Kier molecular flexibility index (Phi) is 10.5. The predicted molar refractivity (Wildman–Crippen MR) is 161 cm³/mol. The van der Waals surface area contributed by atoms with Gasteiger partial charge in [0.15, 0.2) is 0 Å². The highest BCUT2D eigenvalue weighted by Gasteiger charge is 2.34. The molecule has 1 N–H and O–H groups in total. The predicted octanol–water partition coefficient (Wildman–Crippen LogP) is 7.83. The SMILES string of the molecule is CS(=O)(=O)Nc1cccc(OCCCN(Cc2cccc(C(F)(F)F)c2Cl)CC(c2ccccc2)c2ccccc2)c1. The summed E-state index contributed by atoms with van der Waals surface area (Å²) in [6.45, 7) is 1.58. The molecule has 0 aromatic heterocycles. The van der Waals surface area contributed by atoms with Crippen LogP contribution in [0.4, 0.5) is 18.9 Å². The molecule has 4 aromatic rings. The van der Waals surface area contributed by atoms with E-state index in [1.165, 1.54) is 6.07 Å². The van der Waals surface area contributed by atoms with Gasteiger partial charge < -0.3 is 4.74 Å². The quantitative estimate of drug-likeness (QED) is 0.156. The number of alkyl halides is 3. The standard InChI is InChI=1S/C32H32ClF3N2O3S/c1-42(39,40)37-27-16-9-17-28(21-27)41-20-10-19-38(22-26-15-8-18-30(31(26)33)32(34,35)36)23-29(24-11-4-2-5-12-24)25-13-6-3-7-14-25/h2-9,11-18,21,29,37H,10,19-20,22-23H2,1H3. The summed E-state index contributed by atoms with van der Waals surface area (Å²) < 4.78 is 72.2. The minimum absolute atomic E-state index is 0.0309. The number of benzene rings is 4. The summed E-state index contributed by atoms with van der Waals surface area (Å²) in [6.07, 6.45) is -2.91. The highest BCUT2D eigenvalue weighted by Crippen LogP contribution is 2.37. The Morgan fingerprint density at radius 3 is 2.10 bits per heavy atom. The van der Waals surface area contributed by atoms with Gasteiger partial charge in [-0.1, -0.05) is 90.5 Å². The van der Waals surface area contributed by atoms with Crippen LogP contribution in [0.3, 0.4) is 0 Å². The first-order chi connectivity index (χ1) is 20.0. The van der Waals surface area contributed by atoms with Crippen LogP contribution >= 0.6 is 11.6 Å². The Bertz CT molecular complexity index is 1510.